The van der Waals surface area contributed by atoms with Crippen molar-refractivity contribution in [1.82, 2.24) is 21.3 Å². The Bertz CT molecular complexity index is 1060. The third kappa shape index (κ3) is 16.4. The van der Waals surface area contributed by atoms with Gasteiger partial charge < -0.3 is 40.3 Å². The molecule has 0 unspecified atom stereocenters. The van der Waals surface area contributed by atoms with Crippen LogP contribution < -0.4 is 21.3 Å². The number of hydrogen-bond acceptors (Lipinski definition) is 8. The third-order valence-electron chi connectivity index (χ3n) is 6.99. The maximum Gasteiger partial charge on any atom is 0.407 e. The number of nitrogens with one attached hydrogen (secondary N) is 4. The van der Waals surface area contributed by atoms with Crippen LogP contribution in [0, 0.1) is 5.92 Å². The van der Waals surface area contributed by atoms with E-state index in [-0.39, 0.29) is 24.5 Å². The number of carbonyl (C=O) groups is 5. The number of aldehydes is 1. The zero-order valence-corrected chi connectivity index (χ0v) is 27.5. The van der Waals surface area contributed by atoms with Gasteiger partial charge in [-0.15, -0.1) is 0 Å². The summed E-state index contributed by atoms with van der Waals surface area (Å²) in [6.45, 7) is 13.2. The van der Waals surface area contributed by atoms with Crippen LogP contribution in [0.15, 0.2) is 30.3 Å². The van der Waals surface area contributed by atoms with Crippen LogP contribution in [0.2, 0.25) is 0 Å². The highest BCUT2D eigenvalue weighted by Gasteiger charge is 2.26. The van der Waals surface area contributed by atoms with Crippen molar-refractivity contribution < 1.29 is 38.2 Å². The van der Waals surface area contributed by atoms with Crippen molar-refractivity contribution in [2.45, 2.75) is 103 Å². The van der Waals surface area contributed by atoms with Crippen LogP contribution in [-0.2, 0) is 39.8 Å². The highest BCUT2D eigenvalue weighted by atomic mass is 16.6. The molecule has 12 nitrogen and oxygen atoms in total. The number of methoxy groups -OCH3 is 1. The van der Waals surface area contributed by atoms with Crippen molar-refractivity contribution in [1.29, 1.82) is 0 Å². The summed E-state index contributed by atoms with van der Waals surface area (Å²) in [5.74, 6) is -1.52. The molecule has 1 aromatic carbocycles. The third-order valence-corrected chi connectivity index (χ3v) is 6.99. The maximum absolute atomic E-state index is 13.0. The molecule has 0 saturated carbocycles. The number of rotatable bonds is 20. The molecule has 1 rings (SSSR count). The fourth-order valence-electron chi connectivity index (χ4n) is 3.99. The first kappa shape index (κ1) is 38.5. The van der Waals surface area contributed by atoms with Gasteiger partial charge in [0, 0.05) is 20.0 Å². The Morgan fingerprint density at radius 1 is 0.864 bits per heavy atom. The lowest BCUT2D eigenvalue weighted by Gasteiger charge is -2.28. The van der Waals surface area contributed by atoms with Gasteiger partial charge in [0.1, 0.15) is 18.4 Å². The smallest absolute Gasteiger partial charge is 0.407 e. The van der Waals surface area contributed by atoms with Crippen LogP contribution in [0.4, 0.5) is 4.79 Å². The molecule has 0 aromatic heterocycles. The first-order chi connectivity index (χ1) is 20.6. The molecule has 1 aromatic rings. The molecule has 0 aliphatic heterocycles. The van der Waals surface area contributed by atoms with E-state index in [1.54, 1.807) is 7.11 Å². The number of ether oxygens (including phenoxy) is 3. The Morgan fingerprint density at radius 2 is 1.50 bits per heavy atom. The van der Waals surface area contributed by atoms with E-state index >= 15 is 0 Å². The average molecular weight is 621 g/mol. The van der Waals surface area contributed by atoms with Crippen molar-refractivity contribution in [3.05, 3.63) is 35.9 Å². The highest BCUT2D eigenvalue weighted by molar-refractivity contribution is 5.92. The minimum Gasteiger partial charge on any atom is -0.449 e. The van der Waals surface area contributed by atoms with Gasteiger partial charge in [-0.1, -0.05) is 44.2 Å². The molecule has 0 radical (unpaired) electrons. The summed E-state index contributed by atoms with van der Waals surface area (Å²) in [5, 5.41) is 10.2. The molecule has 0 fully saturated rings. The SMILES string of the molecule is COC(C)(C)CCOC(C)(C)CCOC(=O)N[C@@H](Cc1ccccc1)C(=O)NCC(=O)N[C@@H](C)C(=O)N[C@H](C=O)CC(C)C. The largest absolute Gasteiger partial charge is 0.449 e. The second kappa shape index (κ2) is 19.0. The van der Waals surface area contributed by atoms with E-state index in [9.17, 15) is 24.0 Å². The molecule has 0 aliphatic carbocycles. The Morgan fingerprint density at radius 3 is 2.09 bits per heavy atom. The van der Waals surface area contributed by atoms with Crippen LogP contribution >= 0.6 is 0 Å². The normalized spacial score (nSPS) is 13.8. The van der Waals surface area contributed by atoms with Gasteiger partial charge in [-0.05, 0) is 58.9 Å². The summed E-state index contributed by atoms with van der Waals surface area (Å²) < 4.78 is 16.7. The molecule has 0 spiro atoms. The Kier molecular flexibility index (Phi) is 16.6. The predicted molar refractivity (Wildman–Crippen MR) is 167 cm³/mol. The monoisotopic (exact) mass is 620 g/mol. The van der Waals surface area contributed by atoms with Gasteiger partial charge in [0.2, 0.25) is 17.7 Å². The first-order valence-corrected chi connectivity index (χ1v) is 15.1. The molecule has 4 amide bonds. The van der Waals surface area contributed by atoms with Crippen molar-refractivity contribution in [2.24, 2.45) is 5.92 Å². The fraction of sp³-hybridized carbons (Fsp3) is 0.656. The summed E-state index contributed by atoms with van der Waals surface area (Å²) in [5.41, 5.74) is -0.0562. The van der Waals surface area contributed by atoms with Gasteiger partial charge in [0.05, 0.1) is 37.0 Å². The summed E-state index contributed by atoms with van der Waals surface area (Å²) in [6, 6.07) is 6.49. The molecule has 0 bridgehead atoms. The van der Waals surface area contributed by atoms with Gasteiger partial charge in [-0.25, -0.2) is 4.79 Å². The van der Waals surface area contributed by atoms with Gasteiger partial charge in [-0.2, -0.15) is 0 Å². The van der Waals surface area contributed by atoms with Crippen LogP contribution in [-0.4, -0.2) is 86.3 Å². The lowest BCUT2D eigenvalue weighted by atomic mass is 10.0. The molecular formula is C32H52N4O8. The topological polar surface area (TPSA) is 161 Å². The van der Waals surface area contributed by atoms with E-state index in [4.69, 9.17) is 14.2 Å². The van der Waals surface area contributed by atoms with Crippen molar-refractivity contribution >= 4 is 30.1 Å². The number of carbonyl (C=O) groups excluding carboxylic acids is 5. The minimum absolute atomic E-state index is 0.0661. The first-order valence-electron chi connectivity index (χ1n) is 15.1. The Balaban J connectivity index is 2.66. The average Bonchev–Trinajstić information content (AvgIpc) is 2.95. The molecule has 3 atom stereocenters. The molecule has 248 valence electrons. The summed E-state index contributed by atoms with van der Waals surface area (Å²) in [4.78, 5) is 61.8. The summed E-state index contributed by atoms with van der Waals surface area (Å²) in [7, 11) is 1.65. The molecule has 12 heteroatoms. The van der Waals surface area contributed by atoms with Gasteiger partial charge in [0.15, 0.2) is 0 Å². The lowest BCUT2D eigenvalue weighted by Crippen LogP contribution is -2.53. The molecule has 4 N–H and O–H groups in total. The molecule has 0 heterocycles. The zero-order valence-electron chi connectivity index (χ0n) is 27.5. The van der Waals surface area contributed by atoms with Crippen LogP contribution in [0.5, 0.6) is 0 Å². The van der Waals surface area contributed by atoms with Crippen molar-refractivity contribution in [3.63, 3.8) is 0 Å². The summed E-state index contributed by atoms with van der Waals surface area (Å²) >= 11 is 0. The van der Waals surface area contributed by atoms with E-state index < -0.39 is 54.1 Å². The number of hydrogen-bond donors (Lipinski definition) is 4. The standard InChI is InChI=1S/C32H52N4O8/c1-22(2)18-25(21-37)35-28(39)23(3)34-27(38)20-33-29(40)26(19-24-12-10-9-11-13-24)36-30(41)43-16-14-32(6,7)44-17-15-31(4,5)42-8/h9-13,21-23,25-26H,14-20H2,1-8H3,(H,33,40)(H,34,38)(H,35,39)(H,36,41)/t23-,25-,26-/m0/s1. The highest BCUT2D eigenvalue weighted by Crippen LogP contribution is 2.19. The van der Waals surface area contributed by atoms with E-state index in [1.807, 2.05) is 71.9 Å². The Labute approximate surface area is 261 Å². The van der Waals surface area contributed by atoms with Crippen LogP contribution in [0.3, 0.4) is 0 Å². The van der Waals surface area contributed by atoms with E-state index in [1.165, 1.54) is 6.92 Å². The van der Waals surface area contributed by atoms with Crippen molar-refractivity contribution in [2.75, 3.05) is 26.9 Å². The second-order valence-electron chi connectivity index (χ2n) is 12.5. The quantitative estimate of drug-likeness (QED) is 0.162. The predicted octanol–water partition coefficient (Wildman–Crippen LogP) is 2.68. The molecule has 0 saturated heterocycles. The van der Waals surface area contributed by atoms with Crippen molar-refractivity contribution in [3.8, 4) is 0 Å². The van der Waals surface area contributed by atoms with Gasteiger partial charge >= 0.3 is 6.09 Å². The number of amides is 4. The second-order valence-corrected chi connectivity index (χ2v) is 12.5. The molecule has 0 aliphatic rings. The van der Waals surface area contributed by atoms with Gasteiger partial charge in [0.25, 0.3) is 0 Å². The van der Waals surface area contributed by atoms with Crippen LogP contribution in [0.1, 0.15) is 73.3 Å². The van der Waals surface area contributed by atoms with E-state index in [0.29, 0.717) is 32.2 Å². The number of alkyl carbamates (subject to hydrolysis) is 1. The van der Waals surface area contributed by atoms with Crippen LogP contribution in [0.25, 0.3) is 0 Å². The minimum atomic E-state index is -1.02. The van der Waals surface area contributed by atoms with Gasteiger partial charge in [-0.3, -0.25) is 14.4 Å². The Hall–Kier alpha value is -3.51. The lowest BCUT2D eigenvalue weighted by molar-refractivity contribution is -0.130. The van der Waals surface area contributed by atoms with E-state index in [2.05, 4.69) is 21.3 Å². The molecule has 44 heavy (non-hydrogen) atoms. The maximum atomic E-state index is 13.0. The fourth-order valence-corrected chi connectivity index (χ4v) is 3.99. The van der Waals surface area contributed by atoms with E-state index in [0.717, 1.165) is 5.56 Å². The zero-order chi connectivity index (χ0) is 33.3. The summed E-state index contributed by atoms with van der Waals surface area (Å²) in [6.07, 6.45) is 1.65. The number of benzene rings is 1. The molecular weight excluding hydrogens is 568 g/mol.